The summed E-state index contributed by atoms with van der Waals surface area (Å²) in [5.74, 6) is 0. The molecule has 0 aliphatic heterocycles. The molecular formula is C18H10N2Y-2. The molecule has 0 spiro atoms. The van der Waals surface area contributed by atoms with Crippen molar-refractivity contribution in [3.05, 3.63) is 73.3 Å². The Morgan fingerprint density at radius 3 is 2.76 bits per heavy atom. The van der Waals surface area contributed by atoms with Gasteiger partial charge in [0.05, 0.1) is 0 Å². The zero-order valence-corrected chi connectivity index (χ0v) is 14.1. The smallest absolute Gasteiger partial charge is 0.0248 e. The zero-order valence-electron chi connectivity index (χ0n) is 11.2. The molecule has 0 saturated carbocycles. The second-order valence-corrected chi connectivity index (χ2v) is 4.68. The van der Waals surface area contributed by atoms with Crippen molar-refractivity contribution in [1.82, 2.24) is 9.97 Å². The van der Waals surface area contributed by atoms with Crippen LogP contribution in [0.2, 0.25) is 0 Å². The minimum atomic E-state index is 0. The zero-order chi connectivity index (χ0) is 13.4. The fourth-order valence-corrected chi connectivity index (χ4v) is 2.44. The second kappa shape index (κ2) is 6.01. The van der Waals surface area contributed by atoms with Crippen LogP contribution in [0.25, 0.3) is 32.7 Å². The van der Waals surface area contributed by atoms with Crippen molar-refractivity contribution < 1.29 is 32.7 Å². The van der Waals surface area contributed by atoms with Crippen LogP contribution >= 0.6 is 0 Å². The van der Waals surface area contributed by atoms with E-state index in [0.717, 1.165) is 32.7 Å². The van der Waals surface area contributed by atoms with Crippen LogP contribution in [0.3, 0.4) is 0 Å². The van der Waals surface area contributed by atoms with E-state index < -0.39 is 0 Å². The molecule has 2 aromatic carbocycles. The summed E-state index contributed by atoms with van der Waals surface area (Å²) in [6, 6.07) is 17.6. The number of benzene rings is 2. The van der Waals surface area contributed by atoms with E-state index in [0.29, 0.717) is 0 Å². The molecule has 0 amide bonds. The van der Waals surface area contributed by atoms with Crippen molar-refractivity contribution in [3.63, 3.8) is 0 Å². The molecule has 97 valence electrons. The van der Waals surface area contributed by atoms with Gasteiger partial charge in [-0.15, -0.1) is 22.9 Å². The molecule has 0 unspecified atom stereocenters. The number of fused-ring (bicyclic) bond motifs is 2. The van der Waals surface area contributed by atoms with Gasteiger partial charge in [0.2, 0.25) is 0 Å². The number of aromatic nitrogens is 2. The maximum Gasteiger partial charge on any atom is 0.0248 e. The van der Waals surface area contributed by atoms with Gasteiger partial charge in [0, 0.05) is 38.9 Å². The molecule has 0 N–H and O–H groups in total. The molecule has 0 saturated heterocycles. The van der Waals surface area contributed by atoms with Crippen LogP contribution in [-0.2, 0) is 32.7 Å². The maximum absolute atomic E-state index is 4.21. The fraction of sp³-hybridized carbons (Fsp3) is 0. The first-order chi connectivity index (χ1) is 9.92. The monoisotopic (exact) mass is 343 g/mol. The van der Waals surface area contributed by atoms with Gasteiger partial charge >= 0.3 is 0 Å². The molecule has 2 nitrogen and oxygen atoms in total. The summed E-state index contributed by atoms with van der Waals surface area (Å²) in [5, 5.41) is 4.50. The topological polar surface area (TPSA) is 25.8 Å². The summed E-state index contributed by atoms with van der Waals surface area (Å²) in [6.45, 7) is 0. The number of nitrogens with zero attached hydrogens (tertiary/aromatic N) is 2. The van der Waals surface area contributed by atoms with Crippen molar-refractivity contribution in [2.45, 2.75) is 0 Å². The maximum atomic E-state index is 4.21. The Balaban J connectivity index is 0.00000132. The first-order valence-electron chi connectivity index (χ1n) is 6.43. The van der Waals surface area contributed by atoms with Gasteiger partial charge in [-0.1, -0.05) is 47.4 Å². The predicted molar refractivity (Wildman–Crippen MR) is 80.2 cm³/mol. The summed E-state index contributed by atoms with van der Waals surface area (Å²) in [7, 11) is 0. The first kappa shape index (κ1) is 14.3. The van der Waals surface area contributed by atoms with Gasteiger partial charge in [-0.05, 0) is 6.20 Å². The molecule has 0 aliphatic carbocycles. The molecule has 21 heavy (non-hydrogen) atoms. The van der Waals surface area contributed by atoms with E-state index in [1.54, 1.807) is 6.20 Å². The summed E-state index contributed by atoms with van der Waals surface area (Å²) in [6.07, 6.45) is 8.58. The molecule has 3 heteroatoms. The molecule has 1 radical (unpaired) electrons. The van der Waals surface area contributed by atoms with E-state index in [1.165, 1.54) is 0 Å². The van der Waals surface area contributed by atoms with E-state index in [2.05, 4.69) is 40.4 Å². The molecule has 2 heterocycles. The average Bonchev–Trinajstić information content (AvgIpc) is 2.54. The van der Waals surface area contributed by atoms with Gasteiger partial charge in [-0.3, -0.25) is 4.98 Å². The largest absolute Gasteiger partial charge is 0.370 e. The van der Waals surface area contributed by atoms with Gasteiger partial charge in [-0.2, -0.15) is 17.7 Å². The Hall–Kier alpha value is -1.64. The second-order valence-electron chi connectivity index (χ2n) is 4.68. The standard InChI is InChI=1S/C18H10N2.Y/c1-2-4-17-16(3-1)11-20-12-18(17)14-5-6-15-10-19-8-7-13(15)9-14;/h1-4,6-11H;/q-2;. The molecular weight excluding hydrogens is 333 g/mol. The van der Waals surface area contributed by atoms with E-state index in [1.807, 2.05) is 36.7 Å². The molecule has 0 fully saturated rings. The van der Waals surface area contributed by atoms with Crippen LogP contribution in [0.4, 0.5) is 0 Å². The van der Waals surface area contributed by atoms with Gasteiger partial charge in [0.25, 0.3) is 0 Å². The van der Waals surface area contributed by atoms with Crippen molar-refractivity contribution >= 4 is 21.5 Å². The number of hydrogen-bond donors (Lipinski definition) is 0. The quantitative estimate of drug-likeness (QED) is 0.488. The van der Waals surface area contributed by atoms with Gasteiger partial charge < -0.3 is 4.98 Å². The molecule has 2 aromatic heterocycles. The Bertz CT molecular complexity index is 913. The Kier molecular flexibility index (Phi) is 4.09. The molecule has 0 aliphatic rings. The normalized spacial score (nSPS) is 10.5. The average molecular weight is 343 g/mol. The van der Waals surface area contributed by atoms with Crippen LogP contribution in [0, 0.1) is 12.3 Å². The number of hydrogen-bond acceptors (Lipinski definition) is 2. The predicted octanol–water partition coefficient (Wildman–Crippen LogP) is 4.05. The Morgan fingerprint density at radius 1 is 0.905 bits per heavy atom. The van der Waals surface area contributed by atoms with Crippen LogP contribution in [0.5, 0.6) is 0 Å². The summed E-state index contributed by atoms with van der Waals surface area (Å²) >= 11 is 0. The van der Waals surface area contributed by atoms with E-state index in [4.69, 9.17) is 0 Å². The van der Waals surface area contributed by atoms with Crippen molar-refractivity contribution in [3.8, 4) is 11.1 Å². The fourth-order valence-electron chi connectivity index (χ4n) is 2.44. The van der Waals surface area contributed by atoms with Gasteiger partial charge in [0.15, 0.2) is 0 Å². The Labute approximate surface area is 148 Å². The summed E-state index contributed by atoms with van der Waals surface area (Å²) in [4.78, 5) is 8.34. The SMILES string of the molecule is [Y].[c-]1cc2cnccc2cc1-c1[c-]ncc2ccccc12. The minimum Gasteiger partial charge on any atom is -0.370 e. The third-order valence-corrected chi connectivity index (χ3v) is 3.45. The van der Waals surface area contributed by atoms with E-state index >= 15 is 0 Å². The minimum absolute atomic E-state index is 0. The molecule has 0 bridgehead atoms. The van der Waals surface area contributed by atoms with Crippen molar-refractivity contribution in [1.29, 1.82) is 0 Å². The van der Waals surface area contributed by atoms with Crippen molar-refractivity contribution in [2.24, 2.45) is 0 Å². The van der Waals surface area contributed by atoms with Crippen LogP contribution < -0.4 is 0 Å². The van der Waals surface area contributed by atoms with E-state index in [9.17, 15) is 0 Å². The molecule has 0 atom stereocenters. The summed E-state index contributed by atoms with van der Waals surface area (Å²) in [5.41, 5.74) is 2.00. The van der Waals surface area contributed by atoms with Gasteiger partial charge in [-0.25, -0.2) is 5.56 Å². The van der Waals surface area contributed by atoms with Crippen molar-refractivity contribution in [2.75, 3.05) is 0 Å². The third kappa shape index (κ3) is 2.62. The number of rotatable bonds is 1. The third-order valence-electron chi connectivity index (χ3n) is 3.45. The first-order valence-corrected chi connectivity index (χ1v) is 6.43. The summed E-state index contributed by atoms with van der Waals surface area (Å²) < 4.78 is 0. The Morgan fingerprint density at radius 2 is 1.81 bits per heavy atom. The number of pyridine rings is 2. The van der Waals surface area contributed by atoms with Gasteiger partial charge in [0.1, 0.15) is 0 Å². The van der Waals surface area contributed by atoms with Crippen LogP contribution in [0.1, 0.15) is 0 Å². The molecule has 4 rings (SSSR count). The van der Waals surface area contributed by atoms with Crippen LogP contribution in [0.15, 0.2) is 61.1 Å². The van der Waals surface area contributed by atoms with Crippen LogP contribution in [-0.4, -0.2) is 9.97 Å². The molecule has 4 aromatic rings. The van der Waals surface area contributed by atoms with E-state index in [-0.39, 0.29) is 32.7 Å².